The molecule has 2 aliphatic heterocycles. The van der Waals surface area contributed by atoms with Gasteiger partial charge >= 0.3 is 5.69 Å². The van der Waals surface area contributed by atoms with Crippen molar-refractivity contribution in [2.45, 2.75) is 44.6 Å². The molecule has 0 saturated carbocycles. The maximum Gasteiger partial charge on any atom is 0.350 e. The van der Waals surface area contributed by atoms with Crippen molar-refractivity contribution in [2.75, 3.05) is 56.3 Å². The van der Waals surface area contributed by atoms with E-state index in [1.165, 1.54) is 0 Å². The van der Waals surface area contributed by atoms with Gasteiger partial charge < -0.3 is 28.7 Å². The molecule has 2 aliphatic rings. The molecule has 2 saturated heterocycles. The van der Waals surface area contributed by atoms with Gasteiger partial charge in [0, 0.05) is 50.2 Å². The Hall–Kier alpha value is -5.20. The fourth-order valence-electron chi connectivity index (χ4n) is 6.58. The zero-order valence-corrected chi connectivity index (χ0v) is 28.7. The van der Waals surface area contributed by atoms with Crippen LogP contribution in [0.3, 0.4) is 0 Å². The van der Waals surface area contributed by atoms with Gasteiger partial charge in [-0.3, -0.25) is 0 Å². The number of hydrogen-bond acceptors (Lipinski definition) is 10. The van der Waals surface area contributed by atoms with Gasteiger partial charge in [0.1, 0.15) is 30.5 Å². The normalized spacial score (nSPS) is 19.8. The number of piperazine rings is 1. The Morgan fingerprint density at radius 3 is 2.24 bits per heavy atom. The van der Waals surface area contributed by atoms with E-state index in [4.69, 9.17) is 18.9 Å². The van der Waals surface area contributed by atoms with E-state index < -0.39 is 5.79 Å². The molecule has 12 heteroatoms. The summed E-state index contributed by atoms with van der Waals surface area (Å²) in [6.45, 7) is 8.36. The minimum Gasteiger partial charge on any atom is -0.496 e. The van der Waals surface area contributed by atoms with E-state index in [1.54, 1.807) is 35.1 Å². The van der Waals surface area contributed by atoms with Crippen molar-refractivity contribution in [1.82, 2.24) is 24.5 Å². The molecule has 260 valence electrons. The van der Waals surface area contributed by atoms with E-state index in [0.717, 1.165) is 66.5 Å². The molecule has 3 aromatic carbocycles. The van der Waals surface area contributed by atoms with Crippen LogP contribution in [0.5, 0.6) is 11.5 Å². The zero-order chi connectivity index (χ0) is 34.5. The first kappa shape index (κ1) is 33.3. The van der Waals surface area contributed by atoms with Gasteiger partial charge in [0.05, 0.1) is 37.2 Å². The quantitative estimate of drug-likeness (QED) is 0.179. The summed E-state index contributed by atoms with van der Waals surface area (Å²) in [4.78, 5) is 17.6. The number of para-hydroxylation sites is 1. The molecule has 3 atom stereocenters. The lowest BCUT2D eigenvalue weighted by molar-refractivity contribution is -0.179. The largest absolute Gasteiger partial charge is 0.496 e. The highest BCUT2D eigenvalue weighted by atomic mass is 16.8. The average Bonchev–Trinajstić information content (AvgIpc) is 3.78. The number of rotatable bonds is 12. The van der Waals surface area contributed by atoms with E-state index in [9.17, 15) is 4.79 Å². The summed E-state index contributed by atoms with van der Waals surface area (Å²) in [7, 11) is 1.65. The van der Waals surface area contributed by atoms with Crippen LogP contribution >= 0.6 is 0 Å². The Labute approximate surface area is 291 Å². The van der Waals surface area contributed by atoms with Crippen LogP contribution in [0.15, 0.2) is 102 Å². The minimum atomic E-state index is -1.03. The molecule has 50 heavy (non-hydrogen) atoms. The van der Waals surface area contributed by atoms with Gasteiger partial charge in [-0.15, -0.1) is 0 Å². The van der Waals surface area contributed by atoms with Crippen LogP contribution in [0.4, 0.5) is 11.4 Å². The van der Waals surface area contributed by atoms with Crippen molar-refractivity contribution >= 4 is 11.4 Å². The molecular formula is C38H43N7O5. The Kier molecular flexibility index (Phi) is 9.81. The fraction of sp³-hybridized carbons (Fsp3) is 0.368. The van der Waals surface area contributed by atoms with Crippen molar-refractivity contribution in [3.05, 3.63) is 119 Å². The maximum atomic E-state index is 12.8. The van der Waals surface area contributed by atoms with Crippen LogP contribution in [-0.2, 0) is 21.7 Å². The lowest BCUT2D eigenvalue weighted by Gasteiger charge is -2.37. The second kappa shape index (κ2) is 14.7. The molecule has 0 radical (unpaired) electrons. The summed E-state index contributed by atoms with van der Waals surface area (Å²) >= 11 is 0. The molecule has 12 nitrogen and oxygen atoms in total. The van der Waals surface area contributed by atoms with Gasteiger partial charge in [0.15, 0.2) is 0 Å². The lowest BCUT2D eigenvalue weighted by atomic mass is 9.97. The highest BCUT2D eigenvalue weighted by molar-refractivity contribution is 5.55. The molecule has 2 aromatic heterocycles. The van der Waals surface area contributed by atoms with Gasteiger partial charge in [-0.25, -0.2) is 14.0 Å². The first-order valence-electron chi connectivity index (χ1n) is 17.2. The molecule has 5 aromatic rings. The third-order valence-electron chi connectivity index (χ3n) is 9.57. The van der Waals surface area contributed by atoms with Crippen molar-refractivity contribution in [2.24, 2.45) is 0 Å². The van der Waals surface area contributed by atoms with E-state index in [-0.39, 0.29) is 17.8 Å². The van der Waals surface area contributed by atoms with Crippen LogP contribution in [0.2, 0.25) is 0 Å². The van der Waals surface area contributed by atoms with Crippen molar-refractivity contribution in [3.8, 4) is 17.2 Å². The zero-order valence-electron chi connectivity index (χ0n) is 28.7. The molecular weight excluding hydrogens is 634 g/mol. The van der Waals surface area contributed by atoms with E-state index >= 15 is 0 Å². The third kappa shape index (κ3) is 6.94. The summed E-state index contributed by atoms with van der Waals surface area (Å²) < 4.78 is 28.0. The summed E-state index contributed by atoms with van der Waals surface area (Å²) in [5.41, 5.74) is 4.78. The Balaban J connectivity index is 0.931. The van der Waals surface area contributed by atoms with Crippen molar-refractivity contribution in [3.63, 3.8) is 0 Å². The first-order valence-corrected chi connectivity index (χ1v) is 17.2. The average molecular weight is 678 g/mol. The standard InChI is InChI=1S/C38H43N7O5/c1-4-28(2)45-37(46)44(27-41-45)32-11-9-30(10-12-32)42-19-21-43(22-20-42)31-13-15-33(16-14-31)48-25-34-26-49-38(50-34,23-29-17-18-39-40-24-29)35-7-5-6-8-36(35)47-3/h5-18,24,27-28,34H,4,19-23,25-26H2,1-3H3/t28?,34-,38-/m1/s1. The number of nitrogens with zero attached hydrogens (tertiary/aromatic N) is 7. The molecule has 0 aliphatic carbocycles. The van der Waals surface area contributed by atoms with Crippen LogP contribution < -0.4 is 25.0 Å². The van der Waals surface area contributed by atoms with Gasteiger partial charge in [-0.2, -0.15) is 15.3 Å². The van der Waals surface area contributed by atoms with E-state index in [2.05, 4.69) is 56.3 Å². The molecule has 7 rings (SSSR count). The smallest absolute Gasteiger partial charge is 0.350 e. The highest BCUT2D eigenvalue weighted by Crippen LogP contribution is 2.42. The lowest BCUT2D eigenvalue weighted by Crippen LogP contribution is -2.46. The monoisotopic (exact) mass is 677 g/mol. The Morgan fingerprint density at radius 2 is 1.58 bits per heavy atom. The molecule has 0 spiro atoms. The molecule has 0 N–H and O–H groups in total. The fourth-order valence-corrected chi connectivity index (χ4v) is 6.58. The molecule has 0 amide bonds. The predicted octanol–water partition coefficient (Wildman–Crippen LogP) is 5.02. The summed E-state index contributed by atoms with van der Waals surface area (Å²) in [6, 6.07) is 26.1. The number of aromatic nitrogens is 5. The predicted molar refractivity (Wildman–Crippen MR) is 190 cm³/mol. The summed E-state index contributed by atoms with van der Waals surface area (Å²) in [5.74, 6) is 0.442. The van der Waals surface area contributed by atoms with Gasteiger partial charge in [-0.1, -0.05) is 19.1 Å². The van der Waals surface area contributed by atoms with Crippen LogP contribution in [0, 0.1) is 0 Å². The second-order valence-corrected chi connectivity index (χ2v) is 12.7. The number of methoxy groups -OCH3 is 1. The van der Waals surface area contributed by atoms with Crippen LogP contribution in [-0.4, -0.2) is 77.2 Å². The third-order valence-corrected chi connectivity index (χ3v) is 9.57. The Morgan fingerprint density at radius 1 is 0.900 bits per heavy atom. The van der Waals surface area contributed by atoms with Crippen molar-refractivity contribution < 1.29 is 18.9 Å². The SMILES string of the molecule is CCC(C)n1ncn(-c2ccc(N3CCN(c4ccc(OC[C@@H]5CO[C@@](Cc6ccnnc6)(c6ccccc6OC)O5)cc4)CC3)cc2)c1=O. The van der Waals surface area contributed by atoms with E-state index in [1.807, 2.05) is 61.5 Å². The van der Waals surface area contributed by atoms with Gasteiger partial charge in [-0.05, 0) is 85.6 Å². The molecule has 4 heterocycles. The number of benzene rings is 3. The Bertz CT molecular complexity index is 1910. The van der Waals surface area contributed by atoms with Crippen LogP contribution in [0.1, 0.15) is 37.4 Å². The molecule has 1 unspecified atom stereocenters. The number of ether oxygens (including phenoxy) is 4. The first-order chi connectivity index (χ1) is 24.5. The molecule has 2 fully saturated rings. The maximum absolute atomic E-state index is 12.8. The van der Waals surface area contributed by atoms with Crippen molar-refractivity contribution in [1.29, 1.82) is 0 Å². The van der Waals surface area contributed by atoms with Gasteiger partial charge in [0.25, 0.3) is 0 Å². The number of hydrogen-bond donors (Lipinski definition) is 0. The summed E-state index contributed by atoms with van der Waals surface area (Å²) in [5, 5.41) is 12.2. The summed E-state index contributed by atoms with van der Waals surface area (Å²) in [6.07, 6.45) is 6.03. The number of anilines is 2. The van der Waals surface area contributed by atoms with Gasteiger partial charge in [0.2, 0.25) is 5.79 Å². The van der Waals surface area contributed by atoms with E-state index in [0.29, 0.717) is 25.4 Å². The minimum absolute atomic E-state index is 0.0680. The molecule has 0 bridgehead atoms. The van der Waals surface area contributed by atoms with Crippen LogP contribution in [0.25, 0.3) is 5.69 Å². The highest BCUT2D eigenvalue weighted by Gasteiger charge is 2.45. The second-order valence-electron chi connectivity index (χ2n) is 12.7. The topological polar surface area (TPSA) is 109 Å².